The second-order valence-electron chi connectivity index (χ2n) is 13.0. The van der Waals surface area contributed by atoms with Crippen molar-refractivity contribution in [2.75, 3.05) is 39.8 Å². The highest BCUT2D eigenvalue weighted by molar-refractivity contribution is 7.83. The van der Waals surface area contributed by atoms with Gasteiger partial charge in [-0.2, -0.15) is 0 Å². The number of benzene rings is 3. The molecule has 1 N–H and O–H groups in total. The third kappa shape index (κ3) is 7.30. The number of H-pyrrole nitrogens is 1. The summed E-state index contributed by atoms with van der Waals surface area (Å²) in [5.41, 5.74) is 1.46. The molecule has 11 nitrogen and oxygen atoms in total. The molecule has 2 saturated heterocycles. The van der Waals surface area contributed by atoms with Crippen molar-refractivity contribution in [3.8, 4) is 0 Å². The molecule has 1 aromatic heterocycles. The first-order valence-corrected chi connectivity index (χ1v) is 19.3. The van der Waals surface area contributed by atoms with Crippen molar-refractivity contribution < 1.29 is 18.6 Å². The van der Waals surface area contributed by atoms with Gasteiger partial charge in [-0.15, -0.1) is 0 Å². The molecular formula is C37H43ClN5O6P. The van der Waals surface area contributed by atoms with E-state index in [1.165, 1.54) is 17.7 Å². The molecule has 3 atom stereocenters. The number of amides is 1. The lowest BCUT2D eigenvalue weighted by atomic mass is 9.75. The topological polar surface area (TPSA) is 117 Å². The number of aromatic nitrogens is 2. The Balaban J connectivity index is 1.38. The number of aromatic amines is 1. The van der Waals surface area contributed by atoms with Crippen LogP contribution in [-0.4, -0.2) is 81.9 Å². The summed E-state index contributed by atoms with van der Waals surface area (Å²) in [4.78, 5) is 43.9. The number of ether oxygens (including phenoxy) is 1. The van der Waals surface area contributed by atoms with E-state index in [1.54, 1.807) is 23.5 Å². The van der Waals surface area contributed by atoms with Gasteiger partial charge in [-0.05, 0) is 47.7 Å². The number of halogens is 1. The summed E-state index contributed by atoms with van der Waals surface area (Å²) >= 11 is 6.67. The first-order chi connectivity index (χ1) is 24.0. The maximum Gasteiger partial charge on any atom is 0.363 e. The zero-order chi connectivity index (χ0) is 35.5. The van der Waals surface area contributed by atoms with E-state index in [0.717, 1.165) is 16.7 Å². The van der Waals surface area contributed by atoms with E-state index in [1.807, 2.05) is 54.6 Å². The highest BCUT2D eigenvalue weighted by Gasteiger charge is 2.47. The minimum absolute atomic E-state index is 0.0170. The van der Waals surface area contributed by atoms with Gasteiger partial charge in [0.05, 0.1) is 18.2 Å². The number of hydrogen-bond acceptors (Lipinski definition) is 7. The summed E-state index contributed by atoms with van der Waals surface area (Å²) in [5.74, 6) is -0.0170. The van der Waals surface area contributed by atoms with Crippen LogP contribution in [-0.2, 0) is 24.2 Å². The first kappa shape index (κ1) is 36.0. The summed E-state index contributed by atoms with van der Waals surface area (Å²) < 4.78 is 29.6. The number of hydrogen-bond donors (Lipinski definition) is 1. The third-order valence-corrected chi connectivity index (χ3v) is 12.4. The fourth-order valence-corrected chi connectivity index (χ4v) is 9.06. The number of piperidine rings is 1. The van der Waals surface area contributed by atoms with Crippen LogP contribution in [0.15, 0.2) is 107 Å². The lowest BCUT2D eigenvalue weighted by Gasteiger charge is -2.50. The molecule has 264 valence electrons. The number of nitrogens with one attached hydrogen (secondary N) is 1. The average molecular weight is 720 g/mol. The van der Waals surface area contributed by atoms with E-state index in [0.29, 0.717) is 38.0 Å². The Hall–Kier alpha value is -3.83. The minimum Gasteiger partial charge on any atom is -0.350 e. The van der Waals surface area contributed by atoms with E-state index in [2.05, 4.69) is 46.3 Å². The zero-order valence-corrected chi connectivity index (χ0v) is 30.1. The van der Waals surface area contributed by atoms with Crippen LogP contribution < -0.4 is 11.2 Å². The number of nitrogens with zero attached hydrogens (tertiary/aromatic N) is 4. The highest BCUT2D eigenvalue weighted by atomic mass is 35.7. The smallest absolute Gasteiger partial charge is 0.350 e. The van der Waals surface area contributed by atoms with Crippen molar-refractivity contribution in [1.82, 2.24) is 24.0 Å². The molecule has 4 aromatic rings. The standard InChI is InChI=1S/C37H43ClN5O6P/c1-27-23-43(36(46)39-35(27)45)34-25-41(24-33(49-34)26-48-50(38,47)42-21-19-32(20-22-42)40(3)28(2)44)37(29-13-7-4-8-14-29,30-15-9-5-10-16-30)31-17-11-6-12-18-31/h4-18,23,32-34H,19-22,24-26H2,1-3H3,(H,39,45,46). The van der Waals surface area contributed by atoms with Crippen LogP contribution in [0.5, 0.6) is 0 Å². The van der Waals surface area contributed by atoms with Crippen LogP contribution >= 0.6 is 18.1 Å². The lowest BCUT2D eigenvalue weighted by molar-refractivity contribution is -0.148. The molecule has 0 bridgehead atoms. The van der Waals surface area contributed by atoms with Crippen molar-refractivity contribution in [3.63, 3.8) is 0 Å². The van der Waals surface area contributed by atoms with Gasteiger partial charge in [0.1, 0.15) is 0 Å². The Labute approximate surface area is 296 Å². The van der Waals surface area contributed by atoms with Gasteiger partial charge in [0.25, 0.3) is 5.56 Å². The van der Waals surface area contributed by atoms with Crippen molar-refractivity contribution in [2.24, 2.45) is 0 Å². The number of rotatable bonds is 10. The van der Waals surface area contributed by atoms with E-state index in [4.69, 9.17) is 20.5 Å². The molecule has 3 aromatic carbocycles. The summed E-state index contributed by atoms with van der Waals surface area (Å²) in [6.07, 6.45) is 1.22. The zero-order valence-electron chi connectivity index (χ0n) is 28.5. The molecule has 3 heterocycles. The van der Waals surface area contributed by atoms with Crippen molar-refractivity contribution in [3.05, 3.63) is 140 Å². The van der Waals surface area contributed by atoms with Crippen LogP contribution in [0.4, 0.5) is 0 Å². The Morgan fingerprint density at radius 1 is 0.940 bits per heavy atom. The van der Waals surface area contributed by atoms with E-state index in [9.17, 15) is 18.9 Å². The van der Waals surface area contributed by atoms with E-state index in [-0.39, 0.29) is 25.1 Å². The van der Waals surface area contributed by atoms with Gasteiger partial charge < -0.3 is 14.2 Å². The van der Waals surface area contributed by atoms with Gasteiger partial charge in [0.15, 0.2) is 6.23 Å². The number of aryl methyl sites for hydroxylation is 1. The van der Waals surface area contributed by atoms with Gasteiger partial charge in [0.2, 0.25) is 5.91 Å². The van der Waals surface area contributed by atoms with Gasteiger partial charge in [-0.1, -0.05) is 91.0 Å². The molecule has 2 fully saturated rings. The fraction of sp³-hybridized carbons (Fsp3) is 0.378. The predicted octanol–water partition coefficient (Wildman–Crippen LogP) is 5.34. The number of carbonyl (C=O) groups is 1. The van der Waals surface area contributed by atoms with Gasteiger partial charge >= 0.3 is 12.6 Å². The van der Waals surface area contributed by atoms with E-state index < -0.39 is 36.0 Å². The molecule has 0 spiro atoms. The number of carbonyl (C=O) groups excluding carboxylic acids is 1. The minimum atomic E-state index is -3.78. The summed E-state index contributed by atoms with van der Waals surface area (Å²) in [6, 6.07) is 30.5. The summed E-state index contributed by atoms with van der Waals surface area (Å²) in [7, 11) is 1.78. The molecule has 2 aliphatic heterocycles. The Morgan fingerprint density at radius 3 is 1.96 bits per heavy atom. The number of morpholine rings is 1. The Kier molecular flexibility index (Phi) is 10.9. The molecule has 2 aliphatic rings. The SMILES string of the molecule is CC(=O)N(C)C1CCN(P(=O)(Cl)OCC2CN(C(c3ccccc3)(c3ccccc3)c3ccccc3)CC(n3cc(C)c(=O)[nH]c3=O)O2)CC1. The summed E-state index contributed by atoms with van der Waals surface area (Å²) in [6.45, 7) is 0.688. The summed E-state index contributed by atoms with van der Waals surface area (Å²) in [5, 5.41) is 0. The molecule has 6 rings (SSSR count). The molecule has 1 amide bonds. The molecule has 3 unspecified atom stereocenters. The van der Waals surface area contributed by atoms with Crippen LogP contribution in [0.2, 0.25) is 0 Å². The fourth-order valence-electron chi connectivity index (χ4n) is 7.21. The van der Waals surface area contributed by atoms with Crippen LogP contribution in [0, 0.1) is 6.92 Å². The Bertz CT molecular complexity index is 1840. The maximum absolute atomic E-state index is 13.9. The predicted molar refractivity (Wildman–Crippen MR) is 193 cm³/mol. The molecule has 50 heavy (non-hydrogen) atoms. The average Bonchev–Trinajstić information content (AvgIpc) is 3.13. The largest absolute Gasteiger partial charge is 0.363 e. The molecule has 13 heteroatoms. The highest BCUT2D eigenvalue weighted by Crippen LogP contribution is 2.57. The monoisotopic (exact) mass is 719 g/mol. The molecule has 0 aliphatic carbocycles. The van der Waals surface area contributed by atoms with Crippen molar-refractivity contribution >= 4 is 24.0 Å². The van der Waals surface area contributed by atoms with Gasteiger partial charge in [-0.25, -0.2) is 9.46 Å². The van der Waals surface area contributed by atoms with Crippen LogP contribution in [0.1, 0.15) is 48.2 Å². The first-order valence-electron chi connectivity index (χ1n) is 16.8. The van der Waals surface area contributed by atoms with E-state index >= 15 is 0 Å². The quantitative estimate of drug-likeness (QED) is 0.173. The second-order valence-corrected chi connectivity index (χ2v) is 16.0. The van der Waals surface area contributed by atoms with Gasteiger partial charge in [-0.3, -0.25) is 28.6 Å². The van der Waals surface area contributed by atoms with Crippen LogP contribution in [0.3, 0.4) is 0 Å². The van der Waals surface area contributed by atoms with Crippen LogP contribution in [0.25, 0.3) is 0 Å². The Morgan fingerprint density at radius 2 is 1.46 bits per heavy atom. The second kappa shape index (κ2) is 15.2. The van der Waals surface area contributed by atoms with Crippen molar-refractivity contribution in [2.45, 2.75) is 50.6 Å². The normalized spacial score (nSPS) is 20.6. The van der Waals surface area contributed by atoms with Gasteiger partial charge in [0, 0.05) is 58.0 Å². The molecular weight excluding hydrogens is 677 g/mol. The molecule has 0 saturated carbocycles. The van der Waals surface area contributed by atoms with Crippen molar-refractivity contribution in [1.29, 1.82) is 0 Å². The molecule has 0 radical (unpaired) electrons. The lowest BCUT2D eigenvalue weighted by Crippen LogP contribution is -2.58. The maximum atomic E-state index is 13.9. The third-order valence-electron chi connectivity index (χ3n) is 9.90.